The van der Waals surface area contributed by atoms with Gasteiger partial charge in [0.25, 0.3) is 6.23 Å². The first-order valence-corrected chi connectivity index (χ1v) is 23.4. The van der Waals surface area contributed by atoms with E-state index in [0.717, 1.165) is 107 Å². The van der Waals surface area contributed by atoms with E-state index in [0.29, 0.717) is 49.5 Å². The number of aliphatic hydroxyl groups excluding tert-OH is 2. The summed E-state index contributed by atoms with van der Waals surface area (Å²) >= 11 is 0. The molecule has 1 spiro atoms. The van der Waals surface area contributed by atoms with Gasteiger partial charge in [-0.3, -0.25) is 20.0 Å². The number of unbranched alkanes of at least 4 members (excludes halogenated alkanes) is 2. The average molecular weight is 806 g/mol. The number of aryl methyl sites for hydroxylation is 1. The number of nitrogens with zero attached hydrogens (tertiary/aromatic N) is 1. The summed E-state index contributed by atoms with van der Waals surface area (Å²) in [5.41, 5.74) is 15.8. The van der Waals surface area contributed by atoms with E-state index in [1.807, 2.05) is 29.1 Å². The van der Waals surface area contributed by atoms with Gasteiger partial charge in [0.15, 0.2) is 11.5 Å². The van der Waals surface area contributed by atoms with E-state index >= 15 is 0 Å². The Kier molecular flexibility index (Phi) is 11.4. The molecule has 9 nitrogen and oxygen atoms in total. The number of quaternary nitrogens is 1. The number of carbonyl (C=O) groups is 1. The lowest BCUT2D eigenvalue weighted by Gasteiger charge is -2.36. The first-order chi connectivity index (χ1) is 27.8. The number of allylic oxidation sites excluding steroid dienone is 1. The molecule has 1 fully saturated rings. The van der Waals surface area contributed by atoms with Gasteiger partial charge >= 0.3 is 0 Å². The molecule has 1 aliphatic carbocycles. The normalized spacial score (nSPS) is 28.0. The maximum absolute atomic E-state index is 13.3. The second-order valence-electron chi connectivity index (χ2n) is 16.8. The highest BCUT2D eigenvalue weighted by Gasteiger charge is 2.51. The summed E-state index contributed by atoms with van der Waals surface area (Å²) in [6.07, 6.45) is 14.2. The molecule has 10 rings (SSSR count). The molecular formula is C46H53N4O5S2+. The summed E-state index contributed by atoms with van der Waals surface area (Å²) < 4.78 is 13.8. The molecule has 1 unspecified atom stereocenters. The minimum Gasteiger partial charge on any atom is -0.437 e. The van der Waals surface area contributed by atoms with Crippen LogP contribution in [-0.2, 0) is 23.4 Å². The molecule has 7 heterocycles. The van der Waals surface area contributed by atoms with Crippen molar-refractivity contribution in [2.24, 2.45) is 22.1 Å². The Labute approximate surface area is 344 Å². The van der Waals surface area contributed by atoms with E-state index < -0.39 is 23.9 Å². The van der Waals surface area contributed by atoms with Crippen molar-refractivity contribution in [1.29, 1.82) is 0 Å². The maximum Gasteiger partial charge on any atom is 0.252 e. The van der Waals surface area contributed by atoms with Gasteiger partial charge in [-0.2, -0.15) is 0 Å². The lowest BCUT2D eigenvalue weighted by Crippen LogP contribution is -3.13. The summed E-state index contributed by atoms with van der Waals surface area (Å²) in [6, 6.07) is 8.13. The number of ketones is 1. The van der Waals surface area contributed by atoms with E-state index in [4.69, 9.17) is 20.2 Å². The van der Waals surface area contributed by atoms with E-state index in [2.05, 4.69) is 54.4 Å². The summed E-state index contributed by atoms with van der Waals surface area (Å²) in [5.74, 6) is 13.2. The van der Waals surface area contributed by atoms with Crippen LogP contribution in [0.25, 0.3) is 0 Å². The van der Waals surface area contributed by atoms with Crippen molar-refractivity contribution in [2.75, 3.05) is 18.8 Å². The van der Waals surface area contributed by atoms with Gasteiger partial charge in [0, 0.05) is 55.0 Å². The zero-order chi connectivity index (χ0) is 39.1. The topological polar surface area (TPSA) is 131 Å². The summed E-state index contributed by atoms with van der Waals surface area (Å²) in [6.45, 7) is 3.51. The number of aliphatic hydroxyl groups is 2. The van der Waals surface area contributed by atoms with Gasteiger partial charge in [-0.1, -0.05) is 96.6 Å². The molecule has 7 atom stereocenters. The third-order valence-corrected chi connectivity index (χ3v) is 15.5. The second-order valence-corrected chi connectivity index (χ2v) is 19.3. The van der Waals surface area contributed by atoms with Crippen LogP contribution in [0.2, 0.25) is 0 Å². The molecule has 1 saturated carbocycles. The smallest absolute Gasteiger partial charge is 0.252 e. The van der Waals surface area contributed by atoms with Crippen molar-refractivity contribution in [3.8, 4) is 35.4 Å². The molecule has 2 aromatic rings. The Morgan fingerprint density at radius 1 is 1.14 bits per heavy atom. The van der Waals surface area contributed by atoms with Crippen molar-refractivity contribution >= 4 is 33.1 Å². The predicted molar refractivity (Wildman–Crippen MR) is 225 cm³/mol. The number of nitrogens with two attached hydrogens (primary N) is 1. The van der Waals surface area contributed by atoms with Crippen molar-refractivity contribution in [3.05, 3.63) is 81.2 Å². The second kappa shape index (κ2) is 16.6. The number of carbonyl (C=O) groups excluding carboxylic acids is 1. The fourth-order valence-electron chi connectivity index (χ4n) is 10.1. The Bertz CT molecular complexity index is 2150. The molecule has 57 heavy (non-hydrogen) atoms. The zero-order valence-electron chi connectivity index (χ0n) is 32.7. The number of hydrogen-bond acceptors (Lipinski definition) is 10. The highest BCUT2D eigenvalue weighted by Crippen LogP contribution is 2.49. The Morgan fingerprint density at radius 2 is 2.00 bits per heavy atom. The number of ether oxygens (including phenoxy) is 2. The number of hydrogen-bond donors (Lipinski definition) is 5. The Morgan fingerprint density at radius 3 is 2.86 bits per heavy atom. The number of Topliss-reactive ketones (excluding diaryl/α,β-unsaturated/α-hetero) is 1. The molecule has 7 aliphatic heterocycles. The van der Waals surface area contributed by atoms with Crippen molar-refractivity contribution in [1.82, 2.24) is 5.32 Å². The molecule has 2 aromatic carbocycles. The van der Waals surface area contributed by atoms with E-state index in [1.54, 1.807) is 10.8 Å². The third-order valence-electron chi connectivity index (χ3n) is 13.1. The number of nitrogens with one attached hydrogen (secondary N) is 2. The molecule has 6 N–H and O–H groups in total. The van der Waals surface area contributed by atoms with Crippen LogP contribution in [0.15, 0.2) is 52.8 Å². The van der Waals surface area contributed by atoms with Crippen molar-refractivity contribution in [3.63, 3.8) is 0 Å². The van der Waals surface area contributed by atoms with E-state index in [9.17, 15) is 15.0 Å². The van der Waals surface area contributed by atoms with E-state index in [1.165, 1.54) is 5.56 Å². The summed E-state index contributed by atoms with van der Waals surface area (Å²) in [7, 11) is 3.60. The molecule has 0 aromatic heterocycles. The van der Waals surface area contributed by atoms with Crippen LogP contribution >= 0.6 is 21.6 Å². The molecule has 298 valence electrons. The maximum atomic E-state index is 13.3. The monoisotopic (exact) mass is 805 g/mol. The Balaban J connectivity index is 1.19. The van der Waals surface area contributed by atoms with Crippen molar-refractivity contribution in [2.45, 2.75) is 120 Å². The zero-order valence-corrected chi connectivity index (χ0v) is 34.3. The van der Waals surface area contributed by atoms with Crippen molar-refractivity contribution < 1.29 is 29.4 Å². The van der Waals surface area contributed by atoms with Crippen LogP contribution in [0.5, 0.6) is 11.5 Å². The number of benzene rings is 2. The molecule has 11 heteroatoms. The van der Waals surface area contributed by atoms with Crippen LogP contribution in [0.4, 0.5) is 0 Å². The predicted octanol–water partition coefficient (Wildman–Crippen LogP) is 5.71. The minimum absolute atomic E-state index is 0.0681. The van der Waals surface area contributed by atoms with Gasteiger partial charge in [-0.05, 0) is 65.1 Å². The number of fused-ring (bicyclic) bond motifs is 4. The number of aliphatic imine (C=N–C) groups is 1. The molecular weight excluding hydrogens is 753 g/mol. The van der Waals surface area contributed by atoms with Gasteiger partial charge in [0.2, 0.25) is 0 Å². The molecule has 0 radical (unpaired) electrons. The number of rotatable bonds is 9. The first-order valence-electron chi connectivity index (χ1n) is 20.9. The molecule has 0 saturated heterocycles. The standard InChI is InChI=1S/C46H52N4O5S2/c1-2-3-4-7-31(51)21-32(52)10-8-28-9-15-41-43-37(28)27-57-56-26-30-23-49-44(47)34-12-11-33-35(42(30)34)20-29-22-48-39-25-50(24-36(29)39)45(55-43)38(13-14-40(33)53)46(18-19-54-41)16-5-6-17-46/h9,11-12,15,22,24,30-31,38,40,44-45,49,51,53H,2-8,10,16-17,20-21,23,25-27,47H2,1H3/p+1/t30-,31+,38-,40+,44-,45-/m0/s1. The van der Waals surface area contributed by atoms with Crippen LogP contribution in [0, 0.1) is 35.2 Å². The summed E-state index contributed by atoms with van der Waals surface area (Å²) in [4.78, 5) is 19.4. The van der Waals surface area contributed by atoms with Gasteiger partial charge in [-0.15, -0.1) is 0 Å². The minimum atomic E-state index is -1.02. The van der Waals surface area contributed by atoms with Gasteiger partial charge in [0.05, 0.1) is 23.3 Å². The van der Waals surface area contributed by atoms with E-state index in [-0.39, 0.29) is 30.2 Å². The van der Waals surface area contributed by atoms with Crippen LogP contribution in [0.1, 0.15) is 123 Å². The molecule has 8 aliphatic rings. The van der Waals surface area contributed by atoms with Crippen LogP contribution in [0.3, 0.4) is 0 Å². The van der Waals surface area contributed by atoms with Gasteiger partial charge in [0.1, 0.15) is 42.4 Å². The van der Waals surface area contributed by atoms with Gasteiger partial charge < -0.3 is 25.4 Å². The quantitative estimate of drug-likeness (QED) is 0.123. The third kappa shape index (κ3) is 7.62. The fraction of sp³-hybridized carbons (Fsp3) is 0.522. The first kappa shape index (κ1) is 39.0. The molecule has 8 bridgehead atoms. The average Bonchev–Trinajstić information content (AvgIpc) is 3.95. The van der Waals surface area contributed by atoms with Crippen LogP contribution < -0.4 is 25.4 Å². The fourth-order valence-corrected chi connectivity index (χ4v) is 12.5. The lowest BCUT2D eigenvalue weighted by molar-refractivity contribution is -0.888. The Hall–Kier alpha value is -3.52. The van der Waals surface area contributed by atoms with Gasteiger partial charge in [-0.25, -0.2) is 0 Å². The summed E-state index contributed by atoms with van der Waals surface area (Å²) in [5, 5.41) is 26.3. The lowest BCUT2D eigenvalue weighted by atomic mass is 9.73. The van der Waals surface area contributed by atoms with Crippen LogP contribution in [-0.4, -0.2) is 52.9 Å². The SMILES string of the molecule is CCCCC[C@@H](O)CC(=O)CCc1ccc2c3c1CSSC[C@@H]1CN[C@H](N)c4ccc5c(c41)CC1=CN=C4C[NH+](C=C14)[C@@H](O3)[C@H](C#C[C@H]5O)C1(C#CO2)CCCC1. The molecule has 0 amide bonds. The largest absolute Gasteiger partial charge is 0.437 e. The highest BCUT2D eigenvalue weighted by atomic mass is 33.1. The highest BCUT2D eigenvalue weighted by molar-refractivity contribution is 8.76.